The molecule has 0 spiro atoms. The van der Waals surface area contributed by atoms with E-state index in [2.05, 4.69) is 0 Å². The molecule has 0 saturated heterocycles. The molecule has 0 radical (unpaired) electrons. The molecule has 0 aliphatic heterocycles. The molecule has 0 aliphatic rings. The van der Waals surface area contributed by atoms with Gasteiger partial charge in [-0.25, -0.2) is 8.78 Å². The molecule has 2 aromatic carbocycles. The van der Waals surface area contributed by atoms with Crippen molar-refractivity contribution in [2.75, 3.05) is 0 Å². The second-order valence-corrected chi connectivity index (χ2v) is 3.90. The molecule has 0 saturated carbocycles. The Bertz CT molecular complexity index is 661. The van der Waals surface area contributed by atoms with Crippen molar-refractivity contribution in [3.05, 3.63) is 63.7 Å². The molecule has 0 heterocycles. The van der Waals surface area contributed by atoms with Crippen LogP contribution in [0, 0.1) is 21.7 Å². The molecule has 0 atom stereocenters. The maximum absolute atomic E-state index is 13.0. The minimum atomic E-state index is -1.11. The fourth-order valence-corrected chi connectivity index (χ4v) is 1.56. The minimum absolute atomic E-state index is 0.0660. The topological polar surface area (TPSA) is 72.6 Å². The van der Waals surface area contributed by atoms with Crippen LogP contribution < -0.4 is 4.74 Å². The summed E-state index contributed by atoms with van der Waals surface area (Å²) in [5.74, 6) is -2.35. The number of nitro benzene ring substituents is 1. The molecule has 0 bridgehead atoms. The van der Waals surface area contributed by atoms with Gasteiger partial charge in [-0.15, -0.1) is 0 Å². The van der Waals surface area contributed by atoms with Crippen LogP contribution in [-0.2, 0) is 6.61 Å². The SMILES string of the molecule is O=[N+]([O-])c1cc(CO)ccc1Oc1ccc(F)c(F)c1. The fourth-order valence-electron chi connectivity index (χ4n) is 1.56. The summed E-state index contributed by atoms with van der Waals surface area (Å²) >= 11 is 0. The Morgan fingerprint density at radius 2 is 1.90 bits per heavy atom. The summed E-state index contributed by atoms with van der Waals surface area (Å²) in [7, 11) is 0. The van der Waals surface area contributed by atoms with E-state index in [0.29, 0.717) is 5.56 Å². The lowest BCUT2D eigenvalue weighted by molar-refractivity contribution is -0.385. The molecular formula is C13H9F2NO4. The molecule has 0 aromatic heterocycles. The van der Waals surface area contributed by atoms with E-state index in [1.165, 1.54) is 12.1 Å². The first kappa shape index (κ1) is 13.9. The number of benzene rings is 2. The Morgan fingerprint density at radius 3 is 2.50 bits per heavy atom. The van der Waals surface area contributed by atoms with E-state index in [-0.39, 0.29) is 23.8 Å². The summed E-state index contributed by atoms with van der Waals surface area (Å²) in [6.07, 6.45) is 0. The summed E-state index contributed by atoms with van der Waals surface area (Å²) in [5, 5.41) is 19.8. The monoisotopic (exact) mass is 281 g/mol. The summed E-state index contributed by atoms with van der Waals surface area (Å²) in [6.45, 7) is -0.355. The van der Waals surface area contributed by atoms with Crippen LogP contribution in [0.4, 0.5) is 14.5 Å². The lowest BCUT2D eigenvalue weighted by Gasteiger charge is -2.07. The number of hydrogen-bond acceptors (Lipinski definition) is 4. The molecule has 2 rings (SSSR count). The molecule has 0 aliphatic carbocycles. The highest BCUT2D eigenvalue weighted by Crippen LogP contribution is 2.32. The summed E-state index contributed by atoms with van der Waals surface area (Å²) in [5.41, 5.74) is -0.0318. The van der Waals surface area contributed by atoms with Gasteiger partial charge in [0.25, 0.3) is 0 Å². The molecular weight excluding hydrogens is 272 g/mol. The largest absolute Gasteiger partial charge is 0.450 e. The van der Waals surface area contributed by atoms with Crippen LogP contribution in [0.1, 0.15) is 5.56 Å². The average Bonchev–Trinajstić information content (AvgIpc) is 2.43. The van der Waals surface area contributed by atoms with Gasteiger partial charge in [0.2, 0.25) is 5.75 Å². The van der Waals surface area contributed by atoms with E-state index >= 15 is 0 Å². The van der Waals surface area contributed by atoms with Gasteiger partial charge in [-0.05, 0) is 23.8 Å². The zero-order chi connectivity index (χ0) is 14.7. The van der Waals surface area contributed by atoms with Gasteiger partial charge in [-0.1, -0.05) is 6.07 Å². The van der Waals surface area contributed by atoms with Crippen molar-refractivity contribution in [1.82, 2.24) is 0 Å². The molecule has 5 nitrogen and oxygen atoms in total. The van der Waals surface area contributed by atoms with Crippen LogP contribution in [0.3, 0.4) is 0 Å². The Hall–Kier alpha value is -2.54. The zero-order valence-electron chi connectivity index (χ0n) is 10.0. The van der Waals surface area contributed by atoms with Gasteiger partial charge in [0, 0.05) is 12.1 Å². The van der Waals surface area contributed by atoms with Gasteiger partial charge in [0.1, 0.15) is 5.75 Å². The highest BCUT2D eigenvalue weighted by molar-refractivity contribution is 5.50. The average molecular weight is 281 g/mol. The van der Waals surface area contributed by atoms with Gasteiger partial charge >= 0.3 is 5.69 Å². The van der Waals surface area contributed by atoms with Crippen molar-refractivity contribution in [3.63, 3.8) is 0 Å². The Morgan fingerprint density at radius 1 is 1.15 bits per heavy atom. The van der Waals surface area contributed by atoms with Crippen molar-refractivity contribution in [2.45, 2.75) is 6.61 Å². The van der Waals surface area contributed by atoms with Crippen molar-refractivity contribution in [3.8, 4) is 11.5 Å². The van der Waals surface area contributed by atoms with E-state index in [0.717, 1.165) is 24.3 Å². The molecule has 7 heteroatoms. The normalized spacial score (nSPS) is 10.3. The molecule has 1 N–H and O–H groups in total. The third-order valence-corrected chi connectivity index (χ3v) is 2.52. The summed E-state index contributed by atoms with van der Waals surface area (Å²) < 4.78 is 31.0. The summed E-state index contributed by atoms with van der Waals surface area (Å²) in [6, 6.07) is 6.67. The van der Waals surface area contributed by atoms with Gasteiger partial charge in [-0.3, -0.25) is 10.1 Å². The number of nitrogens with zero attached hydrogens (tertiary/aromatic N) is 1. The Labute approximate surface area is 112 Å². The van der Waals surface area contributed by atoms with Crippen LogP contribution in [-0.4, -0.2) is 10.0 Å². The van der Waals surface area contributed by atoms with Gasteiger partial charge in [0.15, 0.2) is 11.6 Å². The second kappa shape index (κ2) is 5.62. The number of halogens is 2. The van der Waals surface area contributed by atoms with Crippen molar-refractivity contribution in [2.24, 2.45) is 0 Å². The van der Waals surface area contributed by atoms with E-state index in [1.807, 2.05) is 0 Å². The number of aliphatic hydroxyl groups excluding tert-OH is 1. The van der Waals surface area contributed by atoms with Crippen molar-refractivity contribution >= 4 is 5.69 Å². The Balaban J connectivity index is 2.37. The molecule has 0 unspecified atom stereocenters. The van der Waals surface area contributed by atoms with Gasteiger partial charge in [-0.2, -0.15) is 0 Å². The minimum Gasteiger partial charge on any atom is -0.450 e. The predicted molar refractivity (Wildman–Crippen MR) is 65.5 cm³/mol. The van der Waals surface area contributed by atoms with Crippen LogP contribution in [0.2, 0.25) is 0 Å². The smallest absolute Gasteiger partial charge is 0.311 e. The first-order chi connectivity index (χ1) is 9.51. The van der Waals surface area contributed by atoms with E-state index < -0.39 is 16.6 Å². The highest BCUT2D eigenvalue weighted by atomic mass is 19.2. The van der Waals surface area contributed by atoms with Gasteiger partial charge < -0.3 is 9.84 Å². The second-order valence-electron chi connectivity index (χ2n) is 3.90. The van der Waals surface area contributed by atoms with E-state index in [1.54, 1.807) is 0 Å². The number of hydrogen-bond donors (Lipinski definition) is 1. The van der Waals surface area contributed by atoms with Crippen LogP contribution in [0.15, 0.2) is 36.4 Å². The third kappa shape index (κ3) is 2.89. The van der Waals surface area contributed by atoms with Crippen molar-refractivity contribution < 1.29 is 23.5 Å². The lowest BCUT2D eigenvalue weighted by atomic mass is 10.2. The third-order valence-electron chi connectivity index (χ3n) is 2.52. The van der Waals surface area contributed by atoms with Crippen molar-refractivity contribution in [1.29, 1.82) is 0 Å². The summed E-state index contributed by atoms with van der Waals surface area (Å²) in [4.78, 5) is 10.2. The first-order valence-electron chi connectivity index (χ1n) is 5.52. The molecule has 0 fully saturated rings. The van der Waals surface area contributed by atoms with Crippen LogP contribution in [0.25, 0.3) is 0 Å². The standard InChI is InChI=1S/C13H9F2NO4/c14-10-3-2-9(6-11(10)15)20-13-4-1-8(7-17)5-12(13)16(18)19/h1-6,17H,7H2. The predicted octanol–water partition coefficient (Wildman–Crippen LogP) is 3.16. The maximum atomic E-state index is 13.0. The number of rotatable bonds is 4. The number of ether oxygens (including phenoxy) is 1. The first-order valence-corrected chi connectivity index (χ1v) is 5.52. The van der Waals surface area contributed by atoms with E-state index in [4.69, 9.17) is 9.84 Å². The highest BCUT2D eigenvalue weighted by Gasteiger charge is 2.17. The maximum Gasteiger partial charge on any atom is 0.311 e. The molecule has 2 aromatic rings. The number of nitro groups is 1. The zero-order valence-corrected chi connectivity index (χ0v) is 10.0. The quantitative estimate of drug-likeness (QED) is 0.690. The lowest BCUT2D eigenvalue weighted by Crippen LogP contribution is -1.96. The van der Waals surface area contributed by atoms with Gasteiger partial charge in [0.05, 0.1) is 11.5 Å². The molecule has 104 valence electrons. The van der Waals surface area contributed by atoms with Crippen LogP contribution >= 0.6 is 0 Å². The molecule has 0 amide bonds. The number of aliphatic hydroxyl groups is 1. The fraction of sp³-hybridized carbons (Fsp3) is 0.0769. The van der Waals surface area contributed by atoms with E-state index in [9.17, 15) is 18.9 Å². The molecule has 20 heavy (non-hydrogen) atoms. The Kier molecular flexibility index (Phi) is 3.90. The van der Waals surface area contributed by atoms with Crippen LogP contribution in [0.5, 0.6) is 11.5 Å².